The van der Waals surface area contributed by atoms with Gasteiger partial charge in [-0.05, 0) is 101 Å². The number of nitrogens with zero attached hydrogens (tertiary/aromatic N) is 2. The fourth-order valence-corrected chi connectivity index (χ4v) is 9.16. The van der Waals surface area contributed by atoms with Crippen molar-refractivity contribution in [2.75, 3.05) is 0 Å². The van der Waals surface area contributed by atoms with Crippen LogP contribution in [0.3, 0.4) is 0 Å². The van der Waals surface area contributed by atoms with Crippen molar-refractivity contribution in [2.45, 2.75) is 46.5 Å². The van der Waals surface area contributed by atoms with Gasteiger partial charge in [0, 0.05) is 50.2 Å². The normalized spacial score (nSPS) is 19.7. The minimum Gasteiger partial charge on any atom is -0.465 e. The van der Waals surface area contributed by atoms with Crippen LogP contribution in [0.2, 0.25) is 0 Å². The summed E-state index contributed by atoms with van der Waals surface area (Å²) in [6.07, 6.45) is 9.40. The molecule has 0 amide bonds. The number of benzene rings is 4. The van der Waals surface area contributed by atoms with Crippen molar-refractivity contribution < 1.29 is 9.47 Å². The van der Waals surface area contributed by atoms with Crippen LogP contribution in [-0.2, 0) is 4.74 Å². The van der Waals surface area contributed by atoms with Crippen LogP contribution in [0.4, 0.5) is 0 Å². The predicted molar refractivity (Wildman–Crippen MR) is 248 cm³/mol. The molecule has 0 spiro atoms. The molecular formula is C54H48N4O2. The van der Waals surface area contributed by atoms with Crippen LogP contribution < -0.4 is 4.74 Å². The summed E-state index contributed by atoms with van der Waals surface area (Å²) in [6, 6.07) is 48.6. The zero-order valence-electron chi connectivity index (χ0n) is 34.4. The van der Waals surface area contributed by atoms with E-state index < -0.39 is 0 Å². The first-order chi connectivity index (χ1) is 29.4. The lowest BCUT2D eigenvalue weighted by atomic mass is 9.78. The van der Waals surface area contributed by atoms with Gasteiger partial charge in [-0.2, -0.15) is 0 Å². The van der Waals surface area contributed by atoms with E-state index >= 15 is 0 Å². The van der Waals surface area contributed by atoms with Gasteiger partial charge in [0.25, 0.3) is 0 Å². The first-order valence-electron chi connectivity index (χ1n) is 21.2. The molecule has 3 aliphatic rings. The van der Waals surface area contributed by atoms with Crippen molar-refractivity contribution in [2.24, 2.45) is 17.8 Å². The number of aromatic nitrogens is 4. The van der Waals surface area contributed by atoms with Crippen LogP contribution in [0.15, 0.2) is 140 Å². The molecule has 2 unspecified atom stereocenters. The maximum absolute atomic E-state index is 6.59. The highest BCUT2D eigenvalue weighted by Gasteiger charge is 2.39. The highest BCUT2D eigenvalue weighted by molar-refractivity contribution is 5.99. The van der Waals surface area contributed by atoms with Crippen molar-refractivity contribution in [1.82, 2.24) is 19.9 Å². The van der Waals surface area contributed by atoms with Crippen molar-refractivity contribution in [3.8, 4) is 50.3 Å². The molecule has 3 aromatic heterocycles. The van der Waals surface area contributed by atoms with Gasteiger partial charge >= 0.3 is 0 Å². The molecule has 0 saturated carbocycles. The van der Waals surface area contributed by atoms with E-state index in [0.29, 0.717) is 11.8 Å². The minimum absolute atomic E-state index is 0.182. The Morgan fingerprint density at radius 2 is 0.817 bits per heavy atom. The molecule has 6 heterocycles. The quantitative estimate of drug-likeness (QED) is 0.169. The van der Waals surface area contributed by atoms with Gasteiger partial charge in [-0.25, -0.2) is 9.97 Å². The van der Waals surface area contributed by atoms with Crippen LogP contribution >= 0.6 is 0 Å². The van der Waals surface area contributed by atoms with Crippen LogP contribution in [0.1, 0.15) is 56.9 Å². The van der Waals surface area contributed by atoms with Crippen molar-refractivity contribution >= 4 is 46.4 Å². The molecule has 6 heteroatoms. The molecule has 4 aromatic carbocycles. The molecule has 6 nitrogen and oxygen atoms in total. The van der Waals surface area contributed by atoms with E-state index in [0.717, 1.165) is 102 Å². The van der Waals surface area contributed by atoms with E-state index in [9.17, 15) is 0 Å². The average molecular weight is 785 g/mol. The standard InChI is InChI=1S/C54H48N4O2/c1-5-49-34(3)33(2)35(4)54(60-49)59-40-23-21-39(22-24-40)53-47-31-29-45(57-47)51(37-17-11-7-12-18-37)43-27-25-41(55-43)50(36-15-9-6-10-16-36)42-26-28-44(56-42)52(38-19-13-8-14-20-38)46-30-32-48(53)58-46/h6-35,49,54-55,58H,5H2,1-4H3/t33-,34-,35?,49?,54-/m0/s1. The summed E-state index contributed by atoms with van der Waals surface area (Å²) in [5.41, 5.74) is 15.7. The largest absolute Gasteiger partial charge is 0.465 e. The number of H-pyrrole nitrogens is 2. The average Bonchev–Trinajstić information content (AvgIpc) is 4.14. The highest BCUT2D eigenvalue weighted by atomic mass is 16.7. The second kappa shape index (κ2) is 15.8. The lowest BCUT2D eigenvalue weighted by molar-refractivity contribution is -0.211. The highest BCUT2D eigenvalue weighted by Crippen LogP contribution is 2.40. The first kappa shape index (κ1) is 37.5. The summed E-state index contributed by atoms with van der Waals surface area (Å²) < 4.78 is 13.1. The Hall–Kier alpha value is -6.76. The Morgan fingerprint density at radius 1 is 0.450 bits per heavy atom. The number of nitrogens with one attached hydrogen (secondary N) is 2. The number of hydrogen-bond donors (Lipinski definition) is 2. The second-order valence-corrected chi connectivity index (χ2v) is 16.3. The Kier molecular flexibility index (Phi) is 9.86. The number of ether oxygens (including phenoxy) is 2. The van der Waals surface area contributed by atoms with Crippen molar-refractivity contribution in [3.05, 3.63) is 162 Å². The lowest BCUT2D eigenvalue weighted by Crippen LogP contribution is -2.46. The van der Waals surface area contributed by atoms with Crippen LogP contribution in [-0.4, -0.2) is 32.3 Å². The fraction of sp³-hybridized carbons (Fsp3) is 0.185. The molecule has 1 fully saturated rings. The molecule has 8 bridgehead atoms. The molecular weight excluding hydrogens is 737 g/mol. The summed E-state index contributed by atoms with van der Waals surface area (Å²) in [5.74, 6) is 2.04. The predicted octanol–water partition coefficient (Wildman–Crippen LogP) is 13.7. The molecule has 7 aromatic rings. The molecule has 10 rings (SSSR count). The van der Waals surface area contributed by atoms with Gasteiger partial charge in [-0.3, -0.25) is 0 Å². The van der Waals surface area contributed by atoms with E-state index in [1.807, 2.05) is 0 Å². The third kappa shape index (κ3) is 6.87. The molecule has 3 aliphatic heterocycles. The summed E-state index contributed by atoms with van der Waals surface area (Å²) in [7, 11) is 0. The number of rotatable bonds is 7. The summed E-state index contributed by atoms with van der Waals surface area (Å²) in [4.78, 5) is 18.6. The molecule has 0 radical (unpaired) electrons. The second-order valence-electron chi connectivity index (χ2n) is 16.3. The van der Waals surface area contributed by atoms with Crippen LogP contribution in [0, 0.1) is 17.8 Å². The monoisotopic (exact) mass is 784 g/mol. The van der Waals surface area contributed by atoms with E-state index in [4.69, 9.17) is 19.4 Å². The van der Waals surface area contributed by atoms with Gasteiger partial charge in [0.05, 0.1) is 28.9 Å². The number of aromatic amines is 2. The smallest absolute Gasteiger partial charge is 0.202 e. The van der Waals surface area contributed by atoms with Gasteiger partial charge in [0.1, 0.15) is 5.75 Å². The molecule has 60 heavy (non-hydrogen) atoms. The Labute approximate surface area is 351 Å². The third-order valence-electron chi connectivity index (χ3n) is 12.7. The van der Waals surface area contributed by atoms with Gasteiger partial charge in [0.15, 0.2) is 0 Å². The van der Waals surface area contributed by atoms with Gasteiger partial charge in [-0.15, -0.1) is 0 Å². The summed E-state index contributed by atoms with van der Waals surface area (Å²) >= 11 is 0. The topological polar surface area (TPSA) is 75.8 Å². The SMILES string of the molecule is CCC1O[C@H](Oc2ccc(-c3c4nc(c(-c5ccccc5)c5ccc([nH]5)c(-c5ccccc5)c5nc(c(-c6ccccc6)c6ccc3[nH]6)C=C5)C=C4)cc2)C(C)[C@@H](C)[C@@H]1C. The molecule has 1 saturated heterocycles. The maximum Gasteiger partial charge on any atom is 0.202 e. The van der Waals surface area contributed by atoms with Gasteiger partial charge < -0.3 is 19.4 Å². The zero-order chi connectivity index (χ0) is 40.7. The summed E-state index contributed by atoms with van der Waals surface area (Å²) in [5, 5.41) is 0. The fourth-order valence-electron chi connectivity index (χ4n) is 9.16. The number of fused-ring (bicyclic) bond motifs is 8. The van der Waals surface area contributed by atoms with Gasteiger partial charge in [-0.1, -0.05) is 131 Å². The minimum atomic E-state index is -0.299. The molecule has 296 valence electrons. The Balaban J connectivity index is 1.23. The van der Waals surface area contributed by atoms with E-state index in [2.05, 4.69) is 201 Å². The van der Waals surface area contributed by atoms with Crippen LogP contribution in [0.5, 0.6) is 5.75 Å². The lowest BCUT2D eigenvalue weighted by Gasteiger charge is -2.43. The Morgan fingerprint density at radius 3 is 1.18 bits per heavy atom. The number of hydrogen-bond acceptors (Lipinski definition) is 4. The molecule has 0 aliphatic carbocycles. The van der Waals surface area contributed by atoms with Crippen LogP contribution in [0.25, 0.3) is 90.9 Å². The molecule has 2 N–H and O–H groups in total. The molecule has 5 atom stereocenters. The Bertz CT molecular complexity index is 2870. The van der Waals surface area contributed by atoms with E-state index in [-0.39, 0.29) is 18.3 Å². The first-order valence-corrected chi connectivity index (χ1v) is 21.2. The maximum atomic E-state index is 6.59. The van der Waals surface area contributed by atoms with Gasteiger partial charge in [0.2, 0.25) is 6.29 Å². The van der Waals surface area contributed by atoms with Crippen molar-refractivity contribution in [1.29, 1.82) is 0 Å². The van der Waals surface area contributed by atoms with Crippen molar-refractivity contribution in [3.63, 3.8) is 0 Å². The zero-order valence-corrected chi connectivity index (χ0v) is 34.4. The third-order valence-corrected chi connectivity index (χ3v) is 12.7. The summed E-state index contributed by atoms with van der Waals surface area (Å²) in [6.45, 7) is 9.06. The van der Waals surface area contributed by atoms with E-state index in [1.165, 1.54) is 0 Å². The van der Waals surface area contributed by atoms with E-state index in [1.54, 1.807) is 0 Å².